The van der Waals surface area contributed by atoms with Gasteiger partial charge in [-0.15, -0.1) is 0 Å². The number of amides is 2. The first-order chi connectivity index (χ1) is 10.1. The number of likely N-dealkylation sites (tertiary alicyclic amines) is 3. The number of carbonyl (C=O) groups is 2. The van der Waals surface area contributed by atoms with Gasteiger partial charge in [-0.05, 0) is 57.7 Å². The minimum atomic E-state index is 0.148. The van der Waals surface area contributed by atoms with Crippen LogP contribution in [0, 0.1) is 11.8 Å². The van der Waals surface area contributed by atoms with E-state index >= 15 is 0 Å². The molecule has 3 aliphatic heterocycles. The molecule has 0 aromatic rings. The second-order valence-corrected chi connectivity index (χ2v) is 6.95. The van der Waals surface area contributed by atoms with Crippen LogP contribution < -0.4 is 0 Å². The van der Waals surface area contributed by atoms with E-state index < -0.39 is 0 Å². The summed E-state index contributed by atoms with van der Waals surface area (Å²) in [5.74, 6) is 1.76. The number of nitrogens with zero attached hydrogens (tertiary/aromatic N) is 3. The van der Waals surface area contributed by atoms with Gasteiger partial charge < -0.3 is 14.7 Å². The number of carbonyl (C=O) groups excluding carboxylic acids is 2. The highest BCUT2D eigenvalue weighted by Crippen LogP contribution is 2.31. The predicted molar refractivity (Wildman–Crippen MR) is 80.7 cm³/mol. The second-order valence-electron chi connectivity index (χ2n) is 6.95. The molecule has 2 amide bonds. The van der Waals surface area contributed by atoms with E-state index in [1.807, 2.05) is 4.90 Å². The zero-order valence-corrected chi connectivity index (χ0v) is 13.1. The topological polar surface area (TPSA) is 43.9 Å². The largest absolute Gasteiger partial charge is 0.341 e. The van der Waals surface area contributed by atoms with Crippen LogP contribution in [0.3, 0.4) is 0 Å². The maximum absolute atomic E-state index is 12.4. The highest BCUT2D eigenvalue weighted by molar-refractivity contribution is 5.86. The van der Waals surface area contributed by atoms with Crippen molar-refractivity contribution < 1.29 is 9.59 Å². The standard InChI is InChI=1S/C16H27N3O2/c1-17-8-4-13(5-9-17)14-6-10-19(11-14)16(21)12-18-7-2-3-15(18)20/h13-14H,2-12H2,1H3. The Morgan fingerprint density at radius 1 is 1.10 bits per heavy atom. The van der Waals surface area contributed by atoms with Gasteiger partial charge in [0.25, 0.3) is 0 Å². The predicted octanol–water partition coefficient (Wildman–Crippen LogP) is 0.799. The molecule has 1 unspecified atom stereocenters. The number of hydrogen-bond acceptors (Lipinski definition) is 3. The first-order valence-electron chi connectivity index (χ1n) is 8.37. The lowest BCUT2D eigenvalue weighted by molar-refractivity contribution is -0.137. The summed E-state index contributed by atoms with van der Waals surface area (Å²) in [6.07, 6.45) is 5.21. The molecule has 0 aromatic heterocycles. The minimum Gasteiger partial charge on any atom is -0.341 e. The summed E-state index contributed by atoms with van der Waals surface area (Å²) in [5.41, 5.74) is 0. The molecule has 0 bridgehead atoms. The molecule has 5 heteroatoms. The van der Waals surface area contributed by atoms with Crippen molar-refractivity contribution in [1.29, 1.82) is 0 Å². The first kappa shape index (κ1) is 14.8. The third kappa shape index (κ3) is 3.39. The summed E-state index contributed by atoms with van der Waals surface area (Å²) in [6.45, 7) is 5.25. The molecule has 3 saturated heterocycles. The van der Waals surface area contributed by atoms with Crippen LogP contribution in [-0.4, -0.2) is 72.8 Å². The van der Waals surface area contributed by atoms with Gasteiger partial charge in [-0.2, -0.15) is 0 Å². The van der Waals surface area contributed by atoms with E-state index in [1.54, 1.807) is 4.90 Å². The van der Waals surface area contributed by atoms with Crippen LogP contribution in [0.2, 0.25) is 0 Å². The van der Waals surface area contributed by atoms with Crippen LogP contribution in [-0.2, 0) is 9.59 Å². The summed E-state index contributed by atoms with van der Waals surface area (Å²) >= 11 is 0. The van der Waals surface area contributed by atoms with E-state index in [0.29, 0.717) is 18.9 Å². The average Bonchev–Trinajstić information content (AvgIpc) is 3.10. The fraction of sp³-hybridized carbons (Fsp3) is 0.875. The van der Waals surface area contributed by atoms with Crippen molar-refractivity contribution >= 4 is 11.8 Å². The van der Waals surface area contributed by atoms with Gasteiger partial charge in [-0.3, -0.25) is 9.59 Å². The minimum absolute atomic E-state index is 0.148. The third-order valence-corrected chi connectivity index (χ3v) is 5.50. The lowest BCUT2D eigenvalue weighted by atomic mass is 9.84. The molecule has 0 spiro atoms. The smallest absolute Gasteiger partial charge is 0.242 e. The Balaban J connectivity index is 1.47. The Hall–Kier alpha value is -1.10. The summed E-state index contributed by atoms with van der Waals surface area (Å²) in [7, 11) is 2.19. The van der Waals surface area contributed by atoms with E-state index in [9.17, 15) is 9.59 Å². The molecule has 0 saturated carbocycles. The van der Waals surface area contributed by atoms with Gasteiger partial charge in [-0.1, -0.05) is 0 Å². The number of rotatable bonds is 3. The molecule has 21 heavy (non-hydrogen) atoms. The molecular weight excluding hydrogens is 266 g/mol. The highest BCUT2D eigenvalue weighted by Gasteiger charge is 2.34. The van der Waals surface area contributed by atoms with Crippen LogP contribution in [0.4, 0.5) is 0 Å². The van der Waals surface area contributed by atoms with Crippen molar-refractivity contribution in [1.82, 2.24) is 14.7 Å². The van der Waals surface area contributed by atoms with Crippen molar-refractivity contribution in [2.24, 2.45) is 11.8 Å². The van der Waals surface area contributed by atoms with Crippen LogP contribution in [0.1, 0.15) is 32.1 Å². The van der Waals surface area contributed by atoms with Gasteiger partial charge in [-0.25, -0.2) is 0 Å². The monoisotopic (exact) mass is 293 g/mol. The van der Waals surface area contributed by atoms with Gasteiger partial charge in [0.05, 0.1) is 6.54 Å². The molecular formula is C16H27N3O2. The summed E-state index contributed by atoms with van der Waals surface area (Å²) in [4.78, 5) is 30.1. The van der Waals surface area contributed by atoms with Crippen molar-refractivity contribution in [3.63, 3.8) is 0 Å². The molecule has 3 aliphatic rings. The zero-order valence-electron chi connectivity index (χ0n) is 13.1. The SMILES string of the molecule is CN1CCC(C2CCN(C(=O)CN3CCCC3=O)C2)CC1. The van der Waals surface area contributed by atoms with Crippen LogP contribution in [0.25, 0.3) is 0 Å². The quantitative estimate of drug-likeness (QED) is 0.773. The third-order valence-electron chi connectivity index (χ3n) is 5.50. The molecule has 0 aromatic carbocycles. The lowest BCUT2D eigenvalue weighted by Gasteiger charge is -2.32. The van der Waals surface area contributed by atoms with Crippen LogP contribution >= 0.6 is 0 Å². The van der Waals surface area contributed by atoms with E-state index in [2.05, 4.69) is 11.9 Å². The van der Waals surface area contributed by atoms with Crippen molar-refractivity contribution in [2.75, 3.05) is 46.3 Å². The summed E-state index contributed by atoms with van der Waals surface area (Å²) in [6, 6.07) is 0. The van der Waals surface area contributed by atoms with E-state index in [0.717, 1.165) is 38.4 Å². The summed E-state index contributed by atoms with van der Waals surface area (Å²) in [5, 5.41) is 0. The Morgan fingerprint density at radius 2 is 1.81 bits per heavy atom. The Kier molecular flexibility index (Phi) is 4.48. The Morgan fingerprint density at radius 3 is 2.48 bits per heavy atom. The molecule has 1 atom stereocenters. The van der Waals surface area contributed by atoms with Crippen molar-refractivity contribution in [3.05, 3.63) is 0 Å². The van der Waals surface area contributed by atoms with Crippen LogP contribution in [0.5, 0.6) is 0 Å². The normalized spacial score (nSPS) is 28.6. The van der Waals surface area contributed by atoms with Crippen molar-refractivity contribution in [2.45, 2.75) is 32.1 Å². The Labute approximate surface area is 127 Å². The summed E-state index contributed by atoms with van der Waals surface area (Å²) < 4.78 is 0. The molecule has 3 rings (SSSR count). The number of hydrogen-bond donors (Lipinski definition) is 0. The lowest BCUT2D eigenvalue weighted by Crippen LogP contribution is -2.40. The van der Waals surface area contributed by atoms with Gasteiger partial charge in [0.15, 0.2) is 0 Å². The van der Waals surface area contributed by atoms with Gasteiger partial charge in [0, 0.05) is 26.1 Å². The van der Waals surface area contributed by atoms with Gasteiger partial charge in [0.2, 0.25) is 11.8 Å². The zero-order chi connectivity index (χ0) is 14.8. The van der Waals surface area contributed by atoms with Crippen LogP contribution in [0.15, 0.2) is 0 Å². The first-order valence-corrected chi connectivity index (χ1v) is 8.37. The maximum Gasteiger partial charge on any atom is 0.242 e. The molecule has 0 aliphatic carbocycles. The molecule has 3 fully saturated rings. The number of piperidine rings is 1. The molecule has 5 nitrogen and oxygen atoms in total. The second kappa shape index (κ2) is 6.34. The molecule has 0 N–H and O–H groups in total. The average molecular weight is 293 g/mol. The van der Waals surface area contributed by atoms with Gasteiger partial charge in [0.1, 0.15) is 0 Å². The molecule has 3 heterocycles. The maximum atomic E-state index is 12.4. The molecule has 118 valence electrons. The molecule has 0 radical (unpaired) electrons. The highest BCUT2D eigenvalue weighted by atomic mass is 16.2. The fourth-order valence-electron chi connectivity index (χ4n) is 4.03. The van der Waals surface area contributed by atoms with E-state index in [1.165, 1.54) is 25.9 Å². The Bertz CT molecular complexity index is 404. The van der Waals surface area contributed by atoms with Gasteiger partial charge >= 0.3 is 0 Å². The van der Waals surface area contributed by atoms with Crippen molar-refractivity contribution in [3.8, 4) is 0 Å². The van der Waals surface area contributed by atoms with E-state index in [-0.39, 0.29) is 11.8 Å². The van der Waals surface area contributed by atoms with E-state index in [4.69, 9.17) is 0 Å². The fourth-order valence-corrected chi connectivity index (χ4v) is 4.03.